The number of nitrogens with one attached hydrogen (secondary N) is 1. The molecule has 2 aromatic carbocycles. The minimum absolute atomic E-state index is 0.0735. The normalized spacial score (nSPS) is 29.1. The van der Waals surface area contributed by atoms with Crippen molar-refractivity contribution < 1.29 is 9.72 Å². The van der Waals surface area contributed by atoms with Gasteiger partial charge in [0.15, 0.2) is 0 Å². The number of amides is 1. The van der Waals surface area contributed by atoms with Gasteiger partial charge in [0.25, 0.3) is 5.69 Å². The Kier molecular flexibility index (Phi) is 3.90. The van der Waals surface area contributed by atoms with Crippen LogP contribution in [0.3, 0.4) is 0 Å². The Morgan fingerprint density at radius 3 is 2.43 bits per heavy atom. The van der Waals surface area contributed by atoms with Crippen LogP contribution in [-0.2, 0) is 4.79 Å². The SMILES string of the molecule is O=C(Nc1ccccc1[N+](=O)[O-])[C@@H]1C[C@@H]2c3ccccc3[C@H]1[C@H]1C=CC=C[C@@H]12. The van der Waals surface area contributed by atoms with E-state index >= 15 is 0 Å². The van der Waals surface area contributed by atoms with Gasteiger partial charge in [-0.25, -0.2) is 0 Å². The number of allylic oxidation sites excluding steroid dienone is 4. The first kappa shape index (κ1) is 16.9. The number of rotatable bonds is 3. The van der Waals surface area contributed by atoms with Gasteiger partial charge in [-0.15, -0.1) is 0 Å². The van der Waals surface area contributed by atoms with Crippen molar-refractivity contribution in [3.05, 3.63) is 94.1 Å². The second-order valence-corrected chi connectivity index (χ2v) is 7.79. The molecule has 0 unspecified atom stereocenters. The van der Waals surface area contributed by atoms with Crippen LogP contribution in [0.15, 0.2) is 72.8 Å². The minimum Gasteiger partial charge on any atom is -0.320 e. The third-order valence-corrected chi connectivity index (χ3v) is 6.49. The highest BCUT2D eigenvalue weighted by atomic mass is 16.6. The molecule has 0 radical (unpaired) electrons. The van der Waals surface area contributed by atoms with Crippen LogP contribution >= 0.6 is 0 Å². The van der Waals surface area contributed by atoms with Crippen LogP contribution in [0.2, 0.25) is 0 Å². The molecule has 0 aliphatic heterocycles. The fourth-order valence-electron chi connectivity index (χ4n) is 5.39. The van der Waals surface area contributed by atoms with Crippen LogP contribution in [0.4, 0.5) is 11.4 Å². The van der Waals surface area contributed by atoms with Crippen LogP contribution in [0.5, 0.6) is 0 Å². The molecule has 0 spiro atoms. The maximum atomic E-state index is 13.2. The molecule has 0 saturated heterocycles. The van der Waals surface area contributed by atoms with Crippen molar-refractivity contribution in [1.29, 1.82) is 0 Å². The summed E-state index contributed by atoms with van der Waals surface area (Å²) in [6.07, 6.45) is 9.44. The molecular formula is C23H20N2O3. The lowest BCUT2D eigenvalue weighted by Crippen LogP contribution is -2.46. The van der Waals surface area contributed by atoms with E-state index in [1.807, 2.05) is 6.07 Å². The minimum atomic E-state index is -0.456. The van der Waals surface area contributed by atoms with E-state index in [4.69, 9.17) is 0 Å². The molecule has 0 heterocycles. The Bertz CT molecular complexity index is 1030. The summed E-state index contributed by atoms with van der Waals surface area (Å²) in [5.74, 6) is 0.779. The van der Waals surface area contributed by atoms with Crippen LogP contribution in [0, 0.1) is 27.9 Å². The number of nitrogens with zero attached hydrogens (tertiary/aromatic N) is 1. The summed E-state index contributed by atoms with van der Waals surface area (Å²) in [7, 11) is 0. The predicted molar refractivity (Wildman–Crippen MR) is 107 cm³/mol. The molecule has 1 amide bonds. The summed E-state index contributed by atoms with van der Waals surface area (Å²) in [6, 6.07) is 14.8. The summed E-state index contributed by atoms with van der Waals surface area (Å²) in [5.41, 5.74) is 2.80. The number of benzene rings is 2. The highest BCUT2D eigenvalue weighted by molar-refractivity contribution is 5.95. The smallest absolute Gasteiger partial charge is 0.292 e. The van der Waals surface area contributed by atoms with Crippen LogP contribution < -0.4 is 5.32 Å². The van der Waals surface area contributed by atoms with Gasteiger partial charge in [0.1, 0.15) is 5.69 Å². The highest BCUT2D eigenvalue weighted by Crippen LogP contribution is 2.59. The van der Waals surface area contributed by atoms with E-state index in [9.17, 15) is 14.9 Å². The van der Waals surface area contributed by atoms with Gasteiger partial charge in [0.05, 0.1) is 4.92 Å². The number of fused-ring (bicyclic) bond motifs is 1. The van der Waals surface area contributed by atoms with Crippen molar-refractivity contribution in [2.75, 3.05) is 5.32 Å². The second-order valence-electron chi connectivity index (χ2n) is 7.79. The summed E-state index contributed by atoms with van der Waals surface area (Å²) in [4.78, 5) is 24.1. The van der Waals surface area contributed by atoms with Gasteiger partial charge in [-0.1, -0.05) is 60.7 Å². The van der Waals surface area contributed by atoms with Gasteiger partial charge in [0, 0.05) is 17.9 Å². The largest absolute Gasteiger partial charge is 0.320 e. The number of nitro groups is 1. The van der Waals surface area contributed by atoms with Gasteiger partial charge in [-0.3, -0.25) is 14.9 Å². The topological polar surface area (TPSA) is 72.2 Å². The molecule has 4 aliphatic carbocycles. The fourth-order valence-corrected chi connectivity index (χ4v) is 5.39. The van der Waals surface area contributed by atoms with Crippen molar-refractivity contribution in [1.82, 2.24) is 0 Å². The van der Waals surface area contributed by atoms with Crippen LogP contribution in [-0.4, -0.2) is 10.8 Å². The number of hydrogen-bond donors (Lipinski definition) is 1. The zero-order valence-electron chi connectivity index (χ0n) is 15.2. The summed E-state index contributed by atoms with van der Waals surface area (Å²) < 4.78 is 0. The molecule has 5 heteroatoms. The molecule has 1 saturated carbocycles. The number of para-hydroxylation sites is 2. The van der Waals surface area contributed by atoms with E-state index in [2.05, 4.69) is 47.8 Å². The maximum absolute atomic E-state index is 13.2. The zero-order valence-corrected chi connectivity index (χ0v) is 15.2. The van der Waals surface area contributed by atoms with Crippen molar-refractivity contribution in [3.63, 3.8) is 0 Å². The fraction of sp³-hybridized carbons (Fsp3) is 0.261. The molecule has 28 heavy (non-hydrogen) atoms. The van der Waals surface area contributed by atoms with Crippen LogP contribution in [0.25, 0.3) is 0 Å². The van der Waals surface area contributed by atoms with Gasteiger partial charge in [0.2, 0.25) is 5.91 Å². The van der Waals surface area contributed by atoms with Gasteiger partial charge < -0.3 is 5.32 Å². The summed E-state index contributed by atoms with van der Waals surface area (Å²) in [6.45, 7) is 0. The molecule has 6 rings (SSSR count). The number of hydrogen-bond acceptors (Lipinski definition) is 3. The van der Waals surface area contributed by atoms with Crippen molar-refractivity contribution in [3.8, 4) is 0 Å². The molecule has 140 valence electrons. The van der Waals surface area contributed by atoms with E-state index in [1.165, 1.54) is 17.2 Å². The first-order chi connectivity index (χ1) is 13.6. The first-order valence-corrected chi connectivity index (χ1v) is 9.63. The molecule has 1 fully saturated rings. The van der Waals surface area contributed by atoms with E-state index in [1.54, 1.807) is 18.2 Å². The third-order valence-electron chi connectivity index (χ3n) is 6.49. The predicted octanol–water partition coefficient (Wildman–Crippen LogP) is 4.79. The first-order valence-electron chi connectivity index (χ1n) is 9.63. The van der Waals surface area contributed by atoms with Gasteiger partial charge >= 0.3 is 0 Å². The number of nitro benzene ring substituents is 1. The van der Waals surface area contributed by atoms with Crippen molar-refractivity contribution >= 4 is 17.3 Å². The molecule has 1 N–H and O–H groups in total. The zero-order chi connectivity index (χ0) is 19.3. The molecule has 4 aliphatic rings. The number of anilines is 1. The molecule has 0 aromatic heterocycles. The summed E-state index contributed by atoms with van der Waals surface area (Å²) in [5, 5.41) is 14.1. The lowest BCUT2D eigenvalue weighted by Gasteiger charge is -2.52. The van der Waals surface area contributed by atoms with E-state index < -0.39 is 4.92 Å². The van der Waals surface area contributed by atoms with E-state index in [0.717, 1.165) is 6.42 Å². The quantitative estimate of drug-likeness (QED) is 0.622. The summed E-state index contributed by atoms with van der Waals surface area (Å²) >= 11 is 0. The van der Waals surface area contributed by atoms with E-state index in [0.29, 0.717) is 17.8 Å². The molecule has 2 bridgehead atoms. The number of carbonyl (C=O) groups excluding carboxylic acids is 1. The maximum Gasteiger partial charge on any atom is 0.292 e. The Balaban J connectivity index is 1.51. The average Bonchev–Trinajstić information content (AvgIpc) is 2.74. The average molecular weight is 372 g/mol. The Morgan fingerprint density at radius 2 is 1.64 bits per heavy atom. The van der Waals surface area contributed by atoms with Gasteiger partial charge in [-0.05, 0) is 41.4 Å². The standard InChI is InChI=1S/C23H20N2O3/c26-23(24-20-11-5-6-12-21(20)25(27)28)19-13-18-14-7-1-3-9-16(14)22(19)17-10-4-2-8-15(17)18/h1-12,14,16,18-19,22H,13H2,(H,24,26)/t14-,16-,18-,19+,22+/m0/s1. The van der Waals surface area contributed by atoms with Crippen LogP contribution in [0.1, 0.15) is 29.4 Å². The molecule has 2 aromatic rings. The molecule has 5 atom stereocenters. The molecular weight excluding hydrogens is 352 g/mol. The lowest BCUT2D eigenvalue weighted by molar-refractivity contribution is -0.383. The lowest BCUT2D eigenvalue weighted by atomic mass is 9.51. The van der Waals surface area contributed by atoms with Crippen molar-refractivity contribution in [2.45, 2.75) is 18.3 Å². The monoisotopic (exact) mass is 372 g/mol. The third kappa shape index (κ3) is 2.50. The second kappa shape index (κ2) is 6.44. The Morgan fingerprint density at radius 1 is 0.964 bits per heavy atom. The Hall–Kier alpha value is -3.21. The number of carbonyl (C=O) groups is 1. The Labute approximate surface area is 162 Å². The molecule has 5 nitrogen and oxygen atoms in total. The highest BCUT2D eigenvalue weighted by Gasteiger charge is 2.52. The van der Waals surface area contributed by atoms with Gasteiger partial charge in [-0.2, -0.15) is 0 Å². The van der Waals surface area contributed by atoms with Crippen molar-refractivity contribution in [2.24, 2.45) is 17.8 Å². The van der Waals surface area contributed by atoms with E-state index in [-0.39, 0.29) is 29.1 Å².